The van der Waals surface area contributed by atoms with Gasteiger partial charge >= 0.3 is 0 Å². The van der Waals surface area contributed by atoms with E-state index in [1.54, 1.807) is 13.0 Å². The summed E-state index contributed by atoms with van der Waals surface area (Å²) in [6, 6.07) is 0. The molecule has 1 aliphatic carbocycles. The van der Waals surface area contributed by atoms with Crippen molar-refractivity contribution in [2.24, 2.45) is 23.7 Å². The first-order chi connectivity index (χ1) is 12.1. The van der Waals surface area contributed by atoms with Crippen molar-refractivity contribution in [3.63, 3.8) is 0 Å². The zero-order chi connectivity index (χ0) is 19.3. The fourth-order valence-electron chi connectivity index (χ4n) is 5.22. The lowest BCUT2D eigenvalue weighted by Gasteiger charge is -2.45. The molecule has 0 amide bonds. The van der Waals surface area contributed by atoms with Gasteiger partial charge in [-0.25, -0.2) is 0 Å². The van der Waals surface area contributed by atoms with Crippen molar-refractivity contribution in [1.82, 2.24) is 0 Å². The molecule has 144 valence electrons. The van der Waals surface area contributed by atoms with Crippen molar-refractivity contribution >= 4 is 17.9 Å². The Morgan fingerprint density at radius 3 is 2.69 bits per heavy atom. The van der Waals surface area contributed by atoms with Crippen LogP contribution in [-0.4, -0.2) is 53.0 Å². The normalized spacial score (nSPS) is 48.3. The number of ether oxygens (including phenoxy) is 2. The number of carbonyl (C=O) groups excluding carboxylic acids is 3. The predicted molar refractivity (Wildman–Crippen MR) is 93.4 cm³/mol. The van der Waals surface area contributed by atoms with Crippen LogP contribution in [0.1, 0.15) is 40.5 Å². The lowest BCUT2D eigenvalue weighted by molar-refractivity contribution is -0.156. The Hall–Kier alpha value is -1.37. The smallest absolute Gasteiger partial charge is 0.164 e. The summed E-state index contributed by atoms with van der Waals surface area (Å²) in [5.74, 6) is -0.699. The molecule has 0 aromatic rings. The number of aldehydes is 1. The van der Waals surface area contributed by atoms with Gasteiger partial charge in [0.25, 0.3) is 0 Å². The van der Waals surface area contributed by atoms with Gasteiger partial charge in [-0.2, -0.15) is 0 Å². The van der Waals surface area contributed by atoms with Crippen LogP contribution in [-0.2, 0) is 23.9 Å². The minimum atomic E-state index is -1.53. The summed E-state index contributed by atoms with van der Waals surface area (Å²) in [5.41, 5.74) is -2.38. The number of allylic oxidation sites excluding steroid dienone is 1. The molecular weight excluding hydrogens is 336 g/mol. The highest BCUT2D eigenvalue weighted by Gasteiger charge is 2.65. The molecule has 0 radical (unpaired) electrons. The zero-order valence-electron chi connectivity index (χ0n) is 15.8. The molecule has 2 heterocycles. The summed E-state index contributed by atoms with van der Waals surface area (Å²) in [7, 11) is 0. The van der Waals surface area contributed by atoms with E-state index < -0.39 is 29.3 Å². The molecule has 6 nitrogen and oxygen atoms in total. The van der Waals surface area contributed by atoms with Gasteiger partial charge in [0.15, 0.2) is 5.78 Å². The van der Waals surface area contributed by atoms with E-state index >= 15 is 0 Å². The van der Waals surface area contributed by atoms with E-state index in [9.17, 15) is 19.5 Å². The van der Waals surface area contributed by atoms with Gasteiger partial charge in [0.2, 0.25) is 0 Å². The second kappa shape index (κ2) is 6.66. The van der Waals surface area contributed by atoms with E-state index in [1.807, 2.05) is 13.8 Å². The van der Waals surface area contributed by atoms with E-state index in [4.69, 9.17) is 9.47 Å². The minimum Gasteiger partial charge on any atom is -0.382 e. The number of hydrogen-bond donors (Lipinski definition) is 1. The van der Waals surface area contributed by atoms with Crippen LogP contribution in [0, 0.1) is 23.7 Å². The molecule has 6 heteroatoms. The van der Waals surface area contributed by atoms with Crippen LogP contribution in [0.25, 0.3) is 0 Å². The van der Waals surface area contributed by atoms with Crippen molar-refractivity contribution in [2.45, 2.75) is 63.9 Å². The van der Waals surface area contributed by atoms with Crippen LogP contribution in [0.2, 0.25) is 0 Å². The van der Waals surface area contributed by atoms with Crippen LogP contribution in [0.4, 0.5) is 0 Å². The molecule has 26 heavy (non-hydrogen) atoms. The second-order valence-corrected chi connectivity index (χ2v) is 8.51. The summed E-state index contributed by atoms with van der Waals surface area (Å²) >= 11 is 0. The van der Waals surface area contributed by atoms with Gasteiger partial charge in [0, 0.05) is 24.7 Å². The van der Waals surface area contributed by atoms with Gasteiger partial charge in [-0.05, 0) is 44.8 Å². The first-order valence-electron chi connectivity index (χ1n) is 9.29. The number of aliphatic hydroxyl groups is 1. The first kappa shape index (κ1) is 19.4. The molecule has 0 aromatic carbocycles. The predicted octanol–water partition coefficient (Wildman–Crippen LogP) is 1.49. The minimum absolute atomic E-state index is 0.0149. The number of ketones is 2. The third-order valence-corrected chi connectivity index (χ3v) is 6.56. The third-order valence-electron chi connectivity index (χ3n) is 6.56. The van der Waals surface area contributed by atoms with Crippen LogP contribution < -0.4 is 0 Å². The molecule has 3 aliphatic rings. The van der Waals surface area contributed by atoms with Gasteiger partial charge in [-0.1, -0.05) is 6.92 Å². The van der Waals surface area contributed by atoms with Gasteiger partial charge < -0.3 is 14.6 Å². The topological polar surface area (TPSA) is 89.9 Å². The molecule has 1 saturated carbocycles. The Morgan fingerprint density at radius 1 is 1.38 bits per heavy atom. The Kier molecular flexibility index (Phi) is 4.97. The van der Waals surface area contributed by atoms with Gasteiger partial charge in [-0.15, -0.1) is 0 Å². The van der Waals surface area contributed by atoms with Crippen molar-refractivity contribution in [3.05, 3.63) is 12.2 Å². The fraction of sp³-hybridized carbons (Fsp3) is 0.750. The molecule has 0 bridgehead atoms. The van der Waals surface area contributed by atoms with Crippen LogP contribution in [0.3, 0.4) is 0 Å². The van der Waals surface area contributed by atoms with Crippen LogP contribution in [0.15, 0.2) is 12.2 Å². The number of hydrogen-bond acceptors (Lipinski definition) is 6. The number of rotatable bonds is 4. The highest BCUT2D eigenvalue weighted by Crippen LogP contribution is 2.56. The molecule has 0 unspecified atom stereocenters. The van der Waals surface area contributed by atoms with Crippen molar-refractivity contribution in [2.75, 3.05) is 6.61 Å². The second-order valence-electron chi connectivity index (χ2n) is 8.51. The first-order valence-corrected chi connectivity index (χ1v) is 9.29. The molecule has 1 N–H and O–H groups in total. The lowest BCUT2D eigenvalue weighted by atomic mass is 9.58. The molecule has 2 aliphatic heterocycles. The van der Waals surface area contributed by atoms with Gasteiger partial charge in [-0.3, -0.25) is 14.4 Å². The van der Waals surface area contributed by atoms with Crippen molar-refractivity contribution in [3.8, 4) is 0 Å². The molecule has 3 rings (SSSR count). The molecule has 0 aromatic heterocycles. The molecule has 0 spiro atoms. The maximum atomic E-state index is 12.7. The zero-order valence-corrected chi connectivity index (χ0v) is 15.8. The molecule has 8 atom stereocenters. The molecular formula is C20H28O6. The average Bonchev–Trinajstić information content (AvgIpc) is 2.90. The summed E-state index contributed by atoms with van der Waals surface area (Å²) in [4.78, 5) is 35.3. The number of carbonyl (C=O) groups is 3. The molecule has 3 fully saturated rings. The van der Waals surface area contributed by atoms with E-state index in [-0.39, 0.29) is 42.2 Å². The van der Waals surface area contributed by atoms with Crippen molar-refractivity contribution in [1.29, 1.82) is 0 Å². The fourth-order valence-corrected chi connectivity index (χ4v) is 5.22. The van der Waals surface area contributed by atoms with Gasteiger partial charge in [0.05, 0.1) is 18.8 Å². The number of Topliss-reactive ketones (excluding diaryl/α,β-unsaturated/α-hetero) is 2. The quantitative estimate of drug-likeness (QED) is 0.600. The largest absolute Gasteiger partial charge is 0.382 e. The summed E-state index contributed by atoms with van der Waals surface area (Å²) in [6.45, 7) is 7.38. The Bertz CT molecular complexity index is 638. The highest BCUT2D eigenvalue weighted by molar-refractivity contribution is 5.88. The summed E-state index contributed by atoms with van der Waals surface area (Å²) in [5, 5.41) is 11.0. The lowest BCUT2D eigenvalue weighted by Crippen LogP contribution is -2.57. The average molecular weight is 364 g/mol. The van der Waals surface area contributed by atoms with Crippen LogP contribution >= 0.6 is 0 Å². The third kappa shape index (κ3) is 2.98. The molecule has 2 saturated heterocycles. The van der Waals surface area contributed by atoms with E-state index in [1.165, 1.54) is 13.0 Å². The van der Waals surface area contributed by atoms with Gasteiger partial charge in [0.1, 0.15) is 23.3 Å². The highest BCUT2D eigenvalue weighted by atomic mass is 16.6. The SMILES string of the molecule is CC(=O)C[C@H]1O[C@@H]2[C@@H]3[C@H](CC(=O)[C@@](C)(O)[C@@H]31)[C@H](C)CO[C@]2(C)C=CC=O. The van der Waals surface area contributed by atoms with Crippen LogP contribution in [0.5, 0.6) is 0 Å². The standard InChI is InChI=1S/C20H28O6/c1-11-10-25-19(3,6-5-7-21)18-16-13(11)9-15(23)20(4,24)17(16)14(26-18)8-12(2)22/h5-7,11,13-14,16-18,24H,8-10H2,1-4H3/t11-,13-,14-,16-,17-,18-,19-,20-/m1/s1. The van der Waals surface area contributed by atoms with E-state index in [2.05, 4.69) is 0 Å². The maximum Gasteiger partial charge on any atom is 0.164 e. The van der Waals surface area contributed by atoms with E-state index in [0.29, 0.717) is 12.9 Å². The Balaban J connectivity index is 2.10. The Labute approximate surface area is 153 Å². The maximum absolute atomic E-state index is 12.7. The Morgan fingerprint density at radius 2 is 2.08 bits per heavy atom. The summed E-state index contributed by atoms with van der Waals surface area (Å²) < 4.78 is 12.4. The monoisotopic (exact) mass is 364 g/mol. The van der Waals surface area contributed by atoms with E-state index in [0.717, 1.165) is 0 Å². The van der Waals surface area contributed by atoms with Crippen molar-refractivity contribution < 1.29 is 29.0 Å². The summed E-state index contributed by atoms with van der Waals surface area (Å²) in [6.07, 6.45) is 3.24.